The average molecular weight is 275 g/mol. The molecule has 1 aromatic carbocycles. The second kappa shape index (κ2) is 5.83. The SMILES string of the molecule is CC(C)c1nc(NN)cc(N(C)c2ccccc2F)n1. The monoisotopic (exact) mass is 275 g/mol. The highest BCUT2D eigenvalue weighted by molar-refractivity contribution is 5.62. The highest BCUT2D eigenvalue weighted by atomic mass is 19.1. The van der Waals surface area contributed by atoms with Crippen molar-refractivity contribution in [1.29, 1.82) is 0 Å². The number of para-hydroxylation sites is 1. The first-order valence-electron chi connectivity index (χ1n) is 6.36. The number of nitrogens with two attached hydrogens (primary N) is 1. The molecule has 6 heteroatoms. The Morgan fingerprint density at radius 3 is 2.55 bits per heavy atom. The smallest absolute Gasteiger partial charge is 0.146 e. The van der Waals surface area contributed by atoms with Crippen molar-refractivity contribution >= 4 is 17.3 Å². The fraction of sp³-hybridized carbons (Fsp3) is 0.286. The third kappa shape index (κ3) is 2.85. The van der Waals surface area contributed by atoms with E-state index in [4.69, 9.17) is 5.84 Å². The van der Waals surface area contributed by atoms with Gasteiger partial charge in [0.05, 0.1) is 5.69 Å². The van der Waals surface area contributed by atoms with Crippen molar-refractivity contribution in [2.75, 3.05) is 17.4 Å². The first kappa shape index (κ1) is 14.2. The average Bonchev–Trinajstić information content (AvgIpc) is 2.46. The van der Waals surface area contributed by atoms with E-state index >= 15 is 0 Å². The normalized spacial score (nSPS) is 10.7. The Labute approximate surface area is 117 Å². The maximum absolute atomic E-state index is 13.8. The molecule has 20 heavy (non-hydrogen) atoms. The summed E-state index contributed by atoms with van der Waals surface area (Å²) in [5.41, 5.74) is 2.96. The molecule has 0 saturated carbocycles. The first-order chi connectivity index (χ1) is 9.52. The minimum Gasteiger partial charge on any atom is -0.327 e. The molecule has 0 aliphatic carbocycles. The van der Waals surface area contributed by atoms with Crippen LogP contribution in [0.2, 0.25) is 0 Å². The van der Waals surface area contributed by atoms with E-state index < -0.39 is 0 Å². The van der Waals surface area contributed by atoms with E-state index in [2.05, 4.69) is 15.4 Å². The Hall–Kier alpha value is -2.21. The van der Waals surface area contributed by atoms with Crippen LogP contribution >= 0.6 is 0 Å². The fourth-order valence-electron chi connectivity index (χ4n) is 1.80. The number of nitrogen functional groups attached to an aromatic ring is 1. The molecule has 2 rings (SSSR count). The van der Waals surface area contributed by atoms with E-state index in [1.54, 1.807) is 36.2 Å². The topological polar surface area (TPSA) is 67.1 Å². The molecule has 1 aromatic heterocycles. The number of hydrogen-bond donors (Lipinski definition) is 2. The van der Waals surface area contributed by atoms with Crippen molar-refractivity contribution in [1.82, 2.24) is 9.97 Å². The molecule has 0 aliphatic heterocycles. The Morgan fingerprint density at radius 2 is 1.95 bits per heavy atom. The van der Waals surface area contributed by atoms with Gasteiger partial charge in [0.2, 0.25) is 0 Å². The van der Waals surface area contributed by atoms with Gasteiger partial charge in [-0.25, -0.2) is 20.2 Å². The standard InChI is InChI=1S/C14H18FN5/c1-9(2)14-17-12(19-16)8-13(18-14)20(3)11-7-5-4-6-10(11)15/h4-9H,16H2,1-3H3,(H,17,18,19). The fourth-order valence-corrected chi connectivity index (χ4v) is 1.80. The summed E-state index contributed by atoms with van der Waals surface area (Å²) in [5.74, 6) is 7.01. The van der Waals surface area contributed by atoms with Gasteiger partial charge < -0.3 is 10.3 Å². The third-order valence-corrected chi connectivity index (χ3v) is 2.95. The van der Waals surface area contributed by atoms with Crippen LogP contribution in [0.15, 0.2) is 30.3 Å². The van der Waals surface area contributed by atoms with E-state index in [9.17, 15) is 4.39 Å². The Morgan fingerprint density at radius 1 is 1.25 bits per heavy atom. The van der Waals surface area contributed by atoms with Gasteiger partial charge in [-0.1, -0.05) is 26.0 Å². The highest BCUT2D eigenvalue weighted by Gasteiger charge is 2.14. The molecule has 0 atom stereocenters. The molecule has 0 unspecified atom stereocenters. The second-order valence-corrected chi connectivity index (χ2v) is 4.78. The summed E-state index contributed by atoms with van der Waals surface area (Å²) in [5, 5.41) is 0. The number of halogens is 1. The Kier molecular flexibility index (Phi) is 4.14. The predicted molar refractivity (Wildman–Crippen MR) is 78.4 cm³/mol. The van der Waals surface area contributed by atoms with Gasteiger partial charge in [0.15, 0.2) is 0 Å². The van der Waals surface area contributed by atoms with E-state index in [1.165, 1.54) is 6.07 Å². The summed E-state index contributed by atoms with van der Waals surface area (Å²) in [6.07, 6.45) is 0. The number of nitrogens with zero attached hydrogens (tertiary/aromatic N) is 3. The molecule has 0 spiro atoms. The molecule has 1 heterocycles. The van der Waals surface area contributed by atoms with Crippen LogP contribution in [0, 0.1) is 5.82 Å². The molecule has 0 saturated heterocycles. The quantitative estimate of drug-likeness (QED) is 0.663. The van der Waals surface area contributed by atoms with E-state index in [0.717, 1.165) is 0 Å². The van der Waals surface area contributed by atoms with Crippen LogP contribution < -0.4 is 16.2 Å². The van der Waals surface area contributed by atoms with E-state index in [0.29, 0.717) is 23.1 Å². The lowest BCUT2D eigenvalue weighted by Gasteiger charge is -2.20. The van der Waals surface area contributed by atoms with E-state index in [1.807, 2.05) is 13.8 Å². The minimum absolute atomic E-state index is 0.149. The molecule has 0 fully saturated rings. The number of anilines is 3. The maximum Gasteiger partial charge on any atom is 0.146 e. The highest BCUT2D eigenvalue weighted by Crippen LogP contribution is 2.26. The molecule has 2 aromatic rings. The lowest BCUT2D eigenvalue weighted by molar-refractivity contribution is 0.627. The third-order valence-electron chi connectivity index (χ3n) is 2.95. The predicted octanol–water partition coefficient (Wildman–Crippen LogP) is 2.79. The van der Waals surface area contributed by atoms with Crippen molar-refractivity contribution in [2.24, 2.45) is 5.84 Å². The Bertz CT molecular complexity index is 600. The second-order valence-electron chi connectivity index (χ2n) is 4.78. The lowest BCUT2D eigenvalue weighted by atomic mass is 10.2. The van der Waals surface area contributed by atoms with Crippen molar-refractivity contribution in [2.45, 2.75) is 19.8 Å². The van der Waals surface area contributed by atoms with Crippen molar-refractivity contribution in [3.8, 4) is 0 Å². The molecular weight excluding hydrogens is 257 g/mol. The van der Waals surface area contributed by atoms with Crippen LogP contribution in [0.5, 0.6) is 0 Å². The summed E-state index contributed by atoms with van der Waals surface area (Å²) < 4.78 is 13.8. The zero-order valence-electron chi connectivity index (χ0n) is 11.8. The van der Waals surface area contributed by atoms with Gasteiger partial charge in [-0.05, 0) is 12.1 Å². The van der Waals surface area contributed by atoms with Gasteiger partial charge >= 0.3 is 0 Å². The molecule has 0 bridgehead atoms. The zero-order chi connectivity index (χ0) is 14.7. The number of benzene rings is 1. The molecule has 106 valence electrons. The van der Waals surface area contributed by atoms with Crippen molar-refractivity contribution in [3.63, 3.8) is 0 Å². The number of rotatable bonds is 4. The summed E-state index contributed by atoms with van der Waals surface area (Å²) >= 11 is 0. The first-order valence-corrected chi connectivity index (χ1v) is 6.36. The largest absolute Gasteiger partial charge is 0.327 e. The number of nitrogens with one attached hydrogen (secondary N) is 1. The number of aromatic nitrogens is 2. The van der Waals surface area contributed by atoms with Gasteiger partial charge in [0.25, 0.3) is 0 Å². The number of hydrogen-bond acceptors (Lipinski definition) is 5. The van der Waals surface area contributed by atoms with Crippen molar-refractivity contribution < 1.29 is 4.39 Å². The van der Waals surface area contributed by atoms with Gasteiger partial charge in [0.1, 0.15) is 23.3 Å². The van der Waals surface area contributed by atoms with Crippen LogP contribution in [0.25, 0.3) is 0 Å². The molecular formula is C14H18FN5. The van der Waals surface area contributed by atoms with Gasteiger partial charge in [0, 0.05) is 19.0 Å². The van der Waals surface area contributed by atoms with Crippen LogP contribution in [0.4, 0.5) is 21.7 Å². The number of hydrazine groups is 1. The molecule has 0 amide bonds. The molecule has 3 N–H and O–H groups in total. The summed E-state index contributed by atoms with van der Waals surface area (Å²) in [6, 6.07) is 8.22. The lowest BCUT2D eigenvalue weighted by Crippen LogP contribution is -2.17. The Balaban J connectivity index is 2.46. The molecule has 5 nitrogen and oxygen atoms in total. The van der Waals surface area contributed by atoms with Crippen LogP contribution in [0.3, 0.4) is 0 Å². The van der Waals surface area contributed by atoms with Crippen LogP contribution in [-0.2, 0) is 0 Å². The minimum atomic E-state index is -0.304. The molecule has 0 aliphatic rings. The molecule has 0 radical (unpaired) electrons. The summed E-state index contributed by atoms with van der Waals surface area (Å²) in [6.45, 7) is 3.98. The summed E-state index contributed by atoms with van der Waals surface area (Å²) in [4.78, 5) is 10.4. The maximum atomic E-state index is 13.8. The van der Waals surface area contributed by atoms with E-state index in [-0.39, 0.29) is 11.7 Å². The van der Waals surface area contributed by atoms with Gasteiger partial charge in [-0.2, -0.15) is 0 Å². The van der Waals surface area contributed by atoms with Crippen LogP contribution in [-0.4, -0.2) is 17.0 Å². The van der Waals surface area contributed by atoms with Gasteiger partial charge in [-0.15, -0.1) is 0 Å². The summed E-state index contributed by atoms with van der Waals surface area (Å²) in [7, 11) is 1.76. The zero-order valence-corrected chi connectivity index (χ0v) is 11.8. The van der Waals surface area contributed by atoms with Crippen molar-refractivity contribution in [3.05, 3.63) is 42.0 Å². The van der Waals surface area contributed by atoms with Crippen LogP contribution in [0.1, 0.15) is 25.6 Å². The van der Waals surface area contributed by atoms with Gasteiger partial charge in [-0.3, -0.25) is 0 Å².